The molecule has 1 fully saturated rings. The monoisotopic (exact) mass is 276 g/mol. The molecule has 0 radical (unpaired) electrons. The van der Waals surface area contributed by atoms with Crippen molar-refractivity contribution in [1.82, 2.24) is 9.97 Å². The highest BCUT2D eigenvalue weighted by atomic mass is 15.2. The Balaban J connectivity index is 2.15. The van der Waals surface area contributed by atoms with Crippen molar-refractivity contribution in [3.63, 3.8) is 0 Å². The summed E-state index contributed by atoms with van der Waals surface area (Å²) in [4.78, 5) is 11.5. The van der Waals surface area contributed by atoms with Crippen molar-refractivity contribution in [1.29, 1.82) is 0 Å². The predicted octanol–water partition coefficient (Wildman–Crippen LogP) is 3.62. The highest BCUT2D eigenvalue weighted by Gasteiger charge is 2.26. The van der Waals surface area contributed by atoms with E-state index in [2.05, 4.69) is 47.1 Å². The van der Waals surface area contributed by atoms with Crippen molar-refractivity contribution in [3.05, 3.63) is 11.9 Å². The fourth-order valence-corrected chi connectivity index (χ4v) is 3.12. The Morgan fingerprint density at radius 1 is 1.30 bits per heavy atom. The average molecular weight is 276 g/mol. The van der Waals surface area contributed by atoms with Crippen LogP contribution in [0, 0.1) is 12.8 Å². The Labute approximate surface area is 123 Å². The number of nitrogens with one attached hydrogen (secondary N) is 1. The first-order valence-electron chi connectivity index (χ1n) is 7.94. The van der Waals surface area contributed by atoms with Gasteiger partial charge in [-0.1, -0.05) is 26.7 Å². The minimum atomic E-state index is 0.608. The van der Waals surface area contributed by atoms with E-state index in [0.717, 1.165) is 36.3 Å². The van der Waals surface area contributed by atoms with Gasteiger partial charge in [0.15, 0.2) is 0 Å². The van der Waals surface area contributed by atoms with Gasteiger partial charge in [-0.15, -0.1) is 0 Å². The smallest absolute Gasteiger partial charge is 0.134 e. The molecule has 2 rings (SSSR count). The number of aromatic nitrogens is 2. The van der Waals surface area contributed by atoms with Gasteiger partial charge in [0.1, 0.15) is 17.5 Å². The Morgan fingerprint density at radius 3 is 2.75 bits per heavy atom. The summed E-state index contributed by atoms with van der Waals surface area (Å²) in [6.45, 7) is 7.46. The van der Waals surface area contributed by atoms with Crippen LogP contribution in [0.2, 0.25) is 0 Å². The molecular formula is C16H28N4. The Kier molecular flexibility index (Phi) is 5.21. The molecular weight excluding hydrogens is 248 g/mol. The molecule has 4 heteroatoms. The highest BCUT2D eigenvalue weighted by Crippen LogP contribution is 2.30. The van der Waals surface area contributed by atoms with Crippen molar-refractivity contribution in [2.75, 3.05) is 23.8 Å². The number of aryl methyl sites for hydroxylation is 1. The molecule has 2 unspecified atom stereocenters. The van der Waals surface area contributed by atoms with Crippen LogP contribution in [0.15, 0.2) is 6.07 Å². The lowest BCUT2D eigenvalue weighted by molar-refractivity contribution is 0.320. The molecule has 4 nitrogen and oxygen atoms in total. The number of hydrogen-bond donors (Lipinski definition) is 1. The Bertz CT molecular complexity index is 432. The number of anilines is 2. The van der Waals surface area contributed by atoms with Crippen LogP contribution in [-0.4, -0.2) is 29.6 Å². The van der Waals surface area contributed by atoms with E-state index < -0.39 is 0 Å². The third kappa shape index (κ3) is 3.62. The van der Waals surface area contributed by atoms with Crippen molar-refractivity contribution >= 4 is 11.6 Å². The Hall–Kier alpha value is -1.32. The van der Waals surface area contributed by atoms with Gasteiger partial charge in [0.25, 0.3) is 0 Å². The van der Waals surface area contributed by atoms with Crippen LogP contribution in [0.4, 0.5) is 11.6 Å². The zero-order valence-corrected chi connectivity index (χ0v) is 13.3. The average Bonchev–Trinajstić information content (AvgIpc) is 2.44. The van der Waals surface area contributed by atoms with Crippen LogP contribution in [0.1, 0.15) is 51.8 Å². The van der Waals surface area contributed by atoms with Crippen molar-refractivity contribution < 1.29 is 0 Å². The van der Waals surface area contributed by atoms with E-state index >= 15 is 0 Å². The first-order valence-corrected chi connectivity index (χ1v) is 7.94. The molecule has 20 heavy (non-hydrogen) atoms. The second kappa shape index (κ2) is 6.91. The van der Waals surface area contributed by atoms with Gasteiger partial charge in [-0.25, -0.2) is 9.97 Å². The van der Waals surface area contributed by atoms with E-state index in [0.29, 0.717) is 6.04 Å². The van der Waals surface area contributed by atoms with Gasteiger partial charge in [-0.2, -0.15) is 0 Å². The third-order valence-corrected chi connectivity index (χ3v) is 4.31. The molecule has 0 saturated heterocycles. The molecule has 0 bridgehead atoms. The molecule has 1 aromatic rings. The summed E-state index contributed by atoms with van der Waals surface area (Å²) in [6.07, 6.45) is 6.42. The molecule has 2 atom stereocenters. The van der Waals surface area contributed by atoms with E-state index in [1.54, 1.807) is 0 Å². The van der Waals surface area contributed by atoms with E-state index in [9.17, 15) is 0 Å². The fraction of sp³-hybridized carbons (Fsp3) is 0.750. The summed E-state index contributed by atoms with van der Waals surface area (Å²) < 4.78 is 0. The van der Waals surface area contributed by atoms with E-state index in [-0.39, 0.29) is 0 Å². The summed E-state index contributed by atoms with van der Waals surface area (Å²) in [6, 6.07) is 2.70. The fourth-order valence-electron chi connectivity index (χ4n) is 3.12. The minimum Gasteiger partial charge on any atom is -0.370 e. The maximum Gasteiger partial charge on any atom is 0.134 e. The molecule has 1 heterocycles. The predicted molar refractivity (Wildman–Crippen MR) is 85.4 cm³/mol. The van der Waals surface area contributed by atoms with Gasteiger partial charge in [0.2, 0.25) is 0 Å². The number of rotatable bonds is 5. The topological polar surface area (TPSA) is 41.0 Å². The van der Waals surface area contributed by atoms with Gasteiger partial charge < -0.3 is 10.2 Å². The second-order valence-electron chi connectivity index (χ2n) is 6.03. The molecule has 112 valence electrons. The van der Waals surface area contributed by atoms with Crippen LogP contribution in [-0.2, 0) is 0 Å². The van der Waals surface area contributed by atoms with Gasteiger partial charge >= 0.3 is 0 Å². The van der Waals surface area contributed by atoms with Crippen LogP contribution < -0.4 is 10.2 Å². The SMILES string of the molecule is CCCNc1cc(N(C)C2CCCCC2C)nc(C)n1. The molecule has 1 aromatic heterocycles. The van der Waals surface area contributed by atoms with Crippen molar-refractivity contribution in [2.24, 2.45) is 5.92 Å². The van der Waals surface area contributed by atoms with Crippen LogP contribution in [0.25, 0.3) is 0 Å². The first kappa shape index (κ1) is 15.1. The molecule has 1 saturated carbocycles. The standard InChI is InChI=1S/C16H28N4/c1-5-10-17-15-11-16(19-13(3)18-15)20(4)14-9-7-6-8-12(14)2/h11-12,14H,5-10H2,1-4H3,(H,17,18,19). The van der Waals surface area contributed by atoms with Crippen molar-refractivity contribution in [3.8, 4) is 0 Å². The molecule has 0 spiro atoms. The molecule has 0 aromatic carbocycles. The van der Waals surface area contributed by atoms with Crippen molar-refractivity contribution in [2.45, 2.75) is 58.9 Å². The largest absolute Gasteiger partial charge is 0.370 e. The quantitative estimate of drug-likeness (QED) is 0.891. The molecule has 1 aliphatic carbocycles. The first-order chi connectivity index (χ1) is 9.61. The van der Waals surface area contributed by atoms with Crippen LogP contribution >= 0.6 is 0 Å². The lowest BCUT2D eigenvalue weighted by Crippen LogP contribution is -2.39. The van der Waals surface area contributed by atoms with Crippen LogP contribution in [0.3, 0.4) is 0 Å². The zero-order valence-electron chi connectivity index (χ0n) is 13.3. The van der Waals surface area contributed by atoms with Gasteiger partial charge in [-0.05, 0) is 32.1 Å². The number of hydrogen-bond acceptors (Lipinski definition) is 4. The summed E-state index contributed by atoms with van der Waals surface area (Å²) in [7, 11) is 2.18. The lowest BCUT2D eigenvalue weighted by atomic mass is 9.85. The van der Waals surface area contributed by atoms with E-state index in [1.807, 2.05) is 6.92 Å². The molecule has 1 aliphatic rings. The minimum absolute atomic E-state index is 0.608. The van der Waals surface area contributed by atoms with E-state index in [4.69, 9.17) is 0 Å². The van der Waals surface area contributed by atoms with Gasteiger partial charge in [-0.3, -0.25) is 0 Å². The third-order valence-electron chi connectivity index (χ3n) is 4.31. The maximum absolute atomic E-state index is 4.63. The summed E-state index contributed by atoms with van der Waals surface area (Å²) in [5.74, 6) is 3.59. The highest BCUT2D eigenvalue weighted by molar-refractivity contribution is 5.49. The second-order valence-corrected chi connectivity index (χ2v) is 6.03. The summed E-state index contributed by atoms with van der Waals surface area (Å²) in [5.41, 5.74) is 0. The molecule has 0 aliphatic heterocycles. The zero-order chi connectivity index (χ0) is 14.5. The normalized spacial score (nSPS) is 22.6. The summed E-state index contributed by atoms with van der Waals surface area (Å²) >= 11 is 0. The molecule has 1 N–H and O–H groups in total. The number of nitrogens with zero attached hydrogens (tertiary/aromatic N) is 3. The lowest BCUT2D eigenvalue weighted by Gasteiger charge is -2.37. The Morgan fingerprint density at radius 2 is 2.05 bits per heavy atom. The van der Waals surface area contributed by atoms with Gasteiger partial charge in [0, 0.05) is 25.7 Å². The van der Waals surface area contributed by atoms with Crippen LogP contribution in [0.5, 0.6) is 0 Å². The van der Waals surface area contributed by atoms with Gasteiger partial charge in [0.05, 0.1) is 0 Å². The summed E-state index contributed by atoms with van der Waals surface area (Å²) in [5, 5.41) is 3.37. The maximum atomic E-state index is 4.63. The van der Waals surface area contributed by atoms with E-state index in [1.165, 1.54) is 25.7 Å². The molecule has 0 amide bonds.